The lowest BCUT2D eigenvalue weighted by Crippen LogP contribution is -2.24. The van der Waals surface area contributed by atoms with Gasteiger partial charge in [-0.05, 0) is 37.3 Å². The van der Waals surface area contributed by atoms with Crippen LogP contribution in [0.4, 0.5) is 0 Å². The zero-order chi connectivity index (χ0) is 16.4. The Morgan fingerprint density at radius 2 is 1.78 bits per heavy atom. The summed E-state index contributed by atoms with van der Waals surface area (Å²) < 4.78 is 5.23. The minimum absolute atomic E-state index is 0.0597. The third kappa shape index (κ3) is 2.94. The molecule has 2 N–H and O–H groups in total. The highest BCUT2D eigenvalue weighted by atomic mass is 16.5. The summed E-state index contributed by atoms with van der Waals surface area (Å²) >= 11 is 0. The number of nitrogens with one attached hydrogen (secondary N) is 1. The van der Waals surface area contributed by atoms with Gasteiger partial charge in [0.2, 0.25) is 5.78 Å². The van der Waals surface area contributed by atoms with Crippen molar-refractivity contribution in [2.75, 3.05) is 0 Å². The maximum Gasteiger partial charge on any atom is 0.338 e. The molecule has 0 bridgehead atoms. The highest BCUT2D eigenvalue weighted by Crippen LogP contribution is 2.20. The van der Waals surface area contributed by atoms with Gasteiger partial charge in [0.15, 0.2) is 6.10 Å². The van der Waals surface area contributed by atoms with E-state index >= 15 is 0 Å². The number of ether oxygens (including phenoxy) is 1. The van der Waals surface area contributed by atoms with Crippen LogP contribution in [0.3, 0.4) is 0 Å². The molecule has 0 spiro atoms. The minimum atomic E-state index is -0.907. The van der Waals surface area contributed by atoms with Crippen molar-refractivity contribution >= 4 is 22.7 Å². The number of rotatable bonds is 4. The predicted molar refractivity (Wildman–Crippen MR) is 85.6 cm³/mol. The quantitative estimate of drug-likeness (QED) is 0.572. The van der Waals surface area contributed by atoms with Crippen molar-refractivity contribution in [3.63, 3.8) is 0 Å². The van der Waals surface area contributed by atoms with Crippen molar-refractivity contribution in [2.24, 2.45) is 0 Å². The van der Waals surface area contributed by atoms with E-state index in [4.69, 9.17) is 4.74 Å². The molecule has 1 atom stereocenters. The number of ketones is 1. The van der Waals surface area contributed by atoms with Gasteiger partial charge in [-0.3, -0.25) is 4.79 Å². The molecule has 3 rings (SSSR count). The molecule has 1 heterocycles. The highest BCUT2D eigenvalue weighted by molar-refractivity contribution is 6.10. The summed E-state index contributed by atoms with van der Waals surface area (Å²) in [7, 11) is 0. The second-order valence-corrected chi connectivity index (χ2v) is 5.21. The summed E-state index contributed by atoms with van der Waals surface area (Å²) in [6.07, 6.45) is 0.716. The van der Waals surface area contributed by atoms with Crippen LogP contribution in [-0.4, -0.2) is 27.9 Å². The van der Waals surface area contributed by atoms with Crippen molar-refractivity contribution < 1.29 is 19.4 Å². The van der Waals surface area contributed by atoms with Gasteiger partial charge in [0.05, 0.1) is 5.56 Å². The summed E-state index contributed by atoms with van der Waals surface area (Å²) in [5, 5.41) is 10.0. The van der Waals surface area contributed by atoms with Crippen LogP contribution in [0.1, 0.15) is 27.6 Å². The molecule has 0 aliphatic rings. The molecule has 5 heteroatoms. The lowest BCUT2D eigenvalue weighted by Gasteiger charge is -2.12. The van der Waals surface area contributed by atoms with E-state index in [0.29, 0.717) is 5.56 Å². The Morgan fingerprint density at radius 1 is 1.09 bits per heavy atom. The molecular weight excluding hydrogens is 294 g/mol. The van der Waals surface area contributed by atoms with Gasteiger partial charge in [-0.2, -0.15) is 0 Å². The number of para-hydroxylation sites is 1. The van der Waals surface area contributed by atoms with Gasteiger partial charge in [0.25, 0.3) is 0 Å². The fourth-order valence-corrected chi connectivity index (χ4v) is 2.37. The number of H-pyrrole nitrogens is 1. The number of aromatic hydroxyl groups is 1. The van der Waals surface area contributed by atoms with E-state index in [1.165, 1.54) is 24.3 Å². The van der Waals surface area contributed by atoms with E-state index in [9.17, 15) is 14.7 Å². The number of Topliss-reactive ketones (excluding diaryl/α,β-unsaturated/α-hetero) is 1. The highest BCUT2D eigenvalue weighted by Gasteiger charge is 2.22. The number of fused-ring (bicyclic) bond motifs is 1. The first kappa shape index (κ1) is 14.8. The van der Waals surface area contributed by atoms with E-state index in [2.05, 4.69) is 4.98 Å². The molecule has 1 aromatic heterocycles. The summed E-state index contributed by atoms with van der Waals surface area (Å²) in [4.78, 5) is 27.6. The fraction of sp³-hybridized carbons (Fsp3) is 0.111. The van der Waals surface area contributed by atoms with Crippen LogP contribution in [0.2, 0.25) is 0 Å². The van der Waals surface area contributed by atoms with Crippen molar-refractivity contribution in [1.82, 2.24) is 4.98 Å². The van der Waals surface area contributed by atoms with Gasteiger partial charge in [-0.1, -0.05) is 18.2 Å². The molecule has 0 aliphatic carbocycles. The molecule has 23 heavy (non-hydrogen) atoms. The SMILES string of the molecule is CC(OC(=O)c1ccc(O)cc1)C(=O)c1c[nH]c2ccccc12. The van der Waals surface area contributed by atoms with Crippen LogP contribution in [0, 0.1) is 0 Å². The summed E-state index contributed by atoms with van der Waals surface area (Å²) in [6, 6.07) is 13.1. The van der Waals surface area contributed by atoms with Crippen LogP contribution < -0.4 is 0 Å². The van der Waals surface area contributed by atoms with Crippen molar-refractivity contribution in [1.29, 1.82) is 0 Å². The number of phenolic OH excluding ortho intramolecular Hbond substituents is 1. The Hall–Kier alpha value is -3.08. The molecule has 1 unspecified atom stereocenters. The molecule has 0 saturated heterocycles. The molecule has 116 valence electrons. The first-order valence-corrected chi connectivity index (χ1v) is 7.16. The number of carbonyl (C=O) groups is 2. The average molecular weight is 309 g/mol. The number of aromatic amines is 1. The second-order valence-electron chi connectivity index (χ2n) is 5.21. The van der Waals surface area contributed by atoms with E-state index in [-0.39, 0.29) is 17.1 Å². The molecule has 0 fully saturated rings. The first-order valence-electron chi connectivity index (χ1n) is 7.16. The van der Waals surface area contributed by atoms with Crippen LogP contribution in [0.25, 0.3) is 10.9 Å². The molecule has 2 aromatic carbocycles. The Bertz CT molecular complexity index is 864. The molecule has 0 aliphatic heterocycles. The monoisotopic (exact) mass is 309 g/mol. The minimum Gasteiger partial charge on any atom is -0.508 e. The van der Waals surface area contributed by atoms with E-state index in [0.717, 1.165) is 10.9 Å². The van der Waals surface area contributed by atoms with Crippen LogP contribution in [0.5, 0.6) is 5.75 Å². The fourth-order valence-electron chi connectivity index (χ4n) is 2.37. The van der Waals surface area contributed by atoms with Gasteiger partial charge in [0.1, 0.15) is 5.75 Å². The summed E-state index contributed by atoms with van der Waals surface area (Å²) in [6.45, 7) is 1.54. The van der Waals surface area contributed by atoms with Gasteiger partial charge in [-0.25, -0.2) is 4.79 Å². The maximum atomic E-state index is 12.5. The molecule has 5 nitrogen and oxygen atoms in total. The standard InChI is InChI=1S/C18H15NO4/c1-11(23-18(22)12-6-8-13(20)9-7-12)17(21)15-10-19-16-5-3-2-4-14(15)16/h2-11,19-20H,1H3. The number of hydrogen-bond donors (Lipinski definition) is 2. The summed E-state index contributed by atoms with van der Waals surface area (Å²) in [5.41, 5.74) is 1.63. The first-order chi connectivity index (χ1) is 11.1. The zero-order valence-electron chi connectivity index (χ0n) is 12.4. The maximum absolute atomic E-state index is 12.5. The molecular formula is C18H15NO4. The Labute approximate surface area is 132 Å². The van der Waals surface area contributed by atoms with Crippen molar-refractivity contribution in [3.05, 3.63) is 65.9 Å². The normalized spacial score (nSPS) is 12.0. The third-order valence-electron chi connectivity index (χ3n) is 3.61. The van der Waals surface area contributed by atoms with Crippen LogP contribution in [-0.2, 0) is 4.74 Å². The average Bonchev–Trinajstić information content (AvgIpc) is 2.98. The smallest absolute Gasteiger partial charge is 0.338 e. The molecule has 0 amide bonds. The van der Waals surface area contributed by atoms with Gasteiger partial charge >= 0.3 is 5.97 Å². The molecule has 3 aromatic rings. The van der Waals surface area contributed by atoms with Crippen LogP contribution in [0.15, 0.2) is 54.7 Å². The third-order valence-corrected chi connectivity index (χ3v) is 3.61. The summed E-state index contributed by atoms with van der Waals surface area (Å²) in [5.74, 6) is -0.815. The van der Waals surface area contributed by atoms with Gasteiger partial charge in [-0.15, -0.1) is 0 Å². The largest absolute Gasteiger partial charge is 0.508 e. The number of benzene rings is 2. The zero-order valence-corrected chi connectivity index (χ0v) is 12.4. The Balaban J connectivity index is 1.77. The van der Waals surface area contributed by atoms with Crippen molar-refractivity contribution in [2.45, 2.75) is 13.0 Å². The number of hydrogen-bond acceptors (Lipinski definition) is 4. The van der Waals surface area contributed by atoms with Gasteiger partial charge < -0.3 is 14.8 Å². The van der Waals surface area contributed by atoms with E-state index in [1.54, 1.807) is 13.1 Å². The number of aromatic nitrogens is 1. The van der Waals surface area contributed by atoms with Crippen molar-refractivity contribution in [3.8, 4) is 5.75 Å². The van der Waals surface area contributed by atoms with Gasteiger partial charge in [0, 0.05) is 22.7 Å². The van der Waals surface area contributed by atoms with Crippen LogP contribution >= 0.6 is 0 Å². The number of carbonyl (C=O) groups excluding carboxylic acids is 2. The Morgan fingerprint density at radius 3 is 2.52 bits per heavy atom. The molecule has 0 radical (unpaired) electrons. The second kappa shape index (κ2) is 5.96. The topological polar surface area (TPSA) is 79.4 Å². The number of esters is 1. The van der Waals surface area contributed by atoms with E-state index in [1.807, 2.05) is 24.3 Å². The lowest BCUT2D eigenvalue weighted by atomic mass is 10.1. The molecule has 0 saturated carbocycles. The number of phenols is 1. The Kier molecular flexibility index (Phi) is 3.85. The lowest BCUT2D eigenvalue weighted by molar-refractivity contribution is 0.0319. The predicted octanol–water partition coefficient (Wildman–Crippen LogP) is 3.30. The van der Waals surface area contributed by atoms with E-state index < -0.39 is 12.1 Å².